The largest absolute Gasteiger partial charge is 0.385 e. The number of halogens is 1. The van der Waals surface area contributed by atoms with E-state index >= 15 is 0 Å². The second kappa shape index (κ2) is 7.45. The maximum Gasteiger partial charge on any atom is 0.214 e. The molecule has 1 aromatic carbocycles. The normalized spacial score (nSPS) is 11.3. The third-order valence-corrected chi connectivity index (χ3v) is 4.88. The fraction of sp³-hybridized carbons (Fsp3) is 0.235. The SMILES string of the molecule is COCCCn1ccc(Nc2nn3cc(-c4ccc(Cl)cc4)nc3s2)n1. The highest BCUT2D eigenvalue weighted by Crippen LogP contribution is 2.26. The molecule has 4 aromatic rings. The summed E-state index contributed by atoms with van der Waals surface area (Å²) in [4.78, 5) is 5.44. The lowest BCUT2D eigenvalue weighted by atomic mass is 10.2. The molecule has 3 heterocycles. The van der Waals surface area contributed by atoms with E-state index < -0.39 is 0 Å². The minimum Gasteiger partial charge on any atom is -0.385 e. The van der Waals surface area contributed by atoms with Crippen LogP contribution < -0.4 is 5.32 Å². The number of fused-ring (bicyclic) bond motifs is 1. The number of benzene rings is 1. The molecule has 0 spiro atoms. The van der Waals surface area contributed by atoms with Crippen LogP contribution >= 0.6 is 22.9 Å². The van der Waals surface area contributed by atoms with Crippen LogP contribution in [0.2, 0.25) is 5.02 Å². The summed E-state index contributed by atoms with van der Waals surface area (Å²) in [6, 6.07) is 9.53. The summed E-state index contributed by atoms with van der Waals surface area (Å²) in [5.74, 6) is 0.761. The highest BCUT2D eigenvalue weighted by molar-refractivity contribution is 7.20. The van der Waals surface area contributed by atoms with Crippen molar-refractivity contribution in [1.29, 1.82) is 0 Å². The number of ether oxygens (including phenoxy) is 1. The summed E-state index contributed by atoms with van der Waals surface area (Å²) in [6.07, 6.45) is 4.77. The van der Waals surface area contributed by atoms with Gasteiger partial charge in [0.1, 0.15) is 0 Å². The molecular formula is C17H17ClN6OS. The molecule has 0 aliphatic heterocycles. The minimum absolute atomic E-state index is 0.709. The van der Waals surface area contributed by atoms with E-state index in [0.29, 0.717) is 5.02 Å². The summed E-state index contributed by atoms with van der Waals surface area (Å²) in [6.45, 7) is 1.55. The van der Waals surface area contributed by atoms with Crippen LogP contribution in [-0.2, 0) is 11.3 Å². The second-order valence-corrected chi connectivity index (χ2v) is 7.10. The van der Waals surface area contributed by atoms with E-state index in [0.717, 1.165) is 46.7 Å². The number of hydrogen-bond acceptors (Lipinski definition) is 6. The van der Waals surface area contributed by atoms with Gasteiger partial charge in [0.2, 0.25) is 10.1 Å². The highest BCUT2D eigenvalue weighted by Gasteiger charge is 2.11. The summed E-state index contributed by atoms with van der Waals surface area (Å²) in [5.41, 5.74) is 1.88. The van der Waals surface area contributed by atoms with Crippen molar-refractivity contribution in [2.45, 2.75) is 13.0 Å². The molecule has 0 atom stereocenters. The van der Waals surface area contributed by atoms with Crippen LogP contribution in [0, 0.1) is 0 Å². The minimum atomic E-state index is 0.709. The fourth-order valence-corrected chi connectivity index (χ4v) is 3.46. The number of imidazole rings is 1. The predicted octanol–water partition coefficient (Wildman–Crippen LogP) is 4.09. The topological polar surface area (TPSA) is 69.3 Å². The number of methoxy groups -OCH3 is 1. The van der Waals surface area contributed by atoms with Crippen molar-refractivity contribution in [3.05, 3.63) is 47.7 Å². The highest BCUT2D eigenvalue weighted by atomic mass is 35.5. The summed E-state index contributed by atoms with van der Waals surface area (Å²) >= 11 is 7.41. The molecule has 3 aromatic heterocycles. The lowest BCUT2D eigenvalue weighted by molar-refractivity contribution is 0.189. The van der Waals surface area contributed by atoms with E-state index in [-0.39, 0.29) is 0 Å². The molecule has 1 N–H and O–H groups in total. The van der Waals surface area contributed by atoms with Crippen LogP contribution in [-0.4, -0.2) is 38.1 Å². The number of aryl methyl sites for hydroxylation is 1. The number of anilines is 2. The molecule has 0 bridgehead atoms. The Hall–Kier alpha value is -2.42. The third-order valence-electron chi connectivity index (χ3n) is 3.79. The van der Waals surface area contributed by atoms with Crippen LogP contribution in [0.3, 0.4) is 0 Å². The average molecular weight is 389 g/mol. The second-order valence-electron chi connectivity index (χ2n) is 5.70. The predicted molar refractivity (Wildman–Crippen MR) is 103 cm³/mol. The molecular weight excluding hydrogens is 372 g/mol. The summed E-state index contributed by atoms with van der Waals surface area (Å²) < 4.78 is 8.71. The van der Waals surface area contributed by atoms with Gasteiger partial charge in [-0.15, -0.1) is 5.10 Å². The Kier molecular flexibility index (Phi) is 4.87. The molecule has 9 heteroatoms. The lowest BCUT2D eigenvalue weighted by Gasteiger charge is -2.00. The van der Waals surface area contributed by atoms with Crippen LogP contribution in [0.5, 0.6) is 0 Å². The number of nitrogens with zero attached hydrogens (tertiary/aromatic N) is 5. The van der Waals surface area contributed by atoms with Gasteiger partial charge in [0, 0.05) is 43.1 Å². The standard InChI is InChI=1S/C17H17ClN6OS/c1-25-10-2-8-23-9-7-15(21-23)20-16-22-24-11-14(19-17(24)26-16)12-3-5-13(18)6-4-12/h3-7,9,11H,2,8,10H2,1H3,(H,20,21,22). The zero-order valence-corrected chi connectivity index (χ0v) is 15.7. The molecule has 0 saturated heterocycles. The van der Waals surface area contributed by atoms with Gasteiger partial charge in [-0.3, -0.25) is 4.68 Å². The Balaban J connectivity index is 1.46. The number of hydrogen-bond donors (Lipinski definition) is 1. The maximum absolute atomic E-state index is 5.93. The van der Waals surface area contributed by atoms with Gasteiger partial charge < -0.3 is 10.1 Å². The van der Waals surface area contributed by atoms with Crippen molar-refractivity contribution in [1.82, 2.24) is 24.4 Å². The lowest BCUT2D eigenvalue weighted by Crippen LogP contribution is -2.02. The molecule has 4 rings (SSSR count). The van der Waals surface area contributed by atoms with Crippen molar-refractivity contribution in [3.8, 4) is 11.3 Å². The number of rotatable bonds is 7. The van der Waals surface area contributed by atoms with Gasteiger partial charge >= 0.3 is 0 Å². The van der Waals surface area contributed by atoms with E-state index in [9.17, 15) is 0 Å². The molecule has 0 fully saturated rings. The van der Waals surface area contributed by atoms with E-state index in [2.05, 4.69) is 20.5 Å². The molecule has 26 heavy (non-hydrogen) atoms. The van der Waals surface area contributed by atoms with Gasteiger partial charge in [-0.05, 0) is 18.6 Å². The Morgan fingerprint density at radius 3 is 2.81 bits per heavy atom. The Morgan fingerprint density at radius 1 is 1.19 bits per heavy atom. The smallest absolute Gasteiger partial charge is 0.214 e. The molecule has 0 radical (unpaired) electrons. The fourth-order valence-electron chi connectivity index (χ4n) is 2.54. The quantitative estimate of drug-likeness (QED) is 0.483. The van der Waals surface area contributed by atoms with Crippen molar-refractivity contribution in [3.63, 3.8) is 0 Å². The van der Waals surface area contributed by atoms with Crippen LogP contribution in [0.1, 0.15) is 6.42 Å². The molecule has 0 amide bonds. The Bertz CT molecular complexity index is 975. The van der Waals surface area contributed by atoms with Gasteiger partial charge in [-0.25, -0.2) is 9.50 Å². The van der Waals surface area contributed by atoms with E-state index in [1.54, 1.807) is 11.6 Å². The van der Waals surface area contributed by atoms with Crippen molar-refractivity contribution >= 4 is 38.8 Å². The van der Waals surface area contributed by atoms with Crippen LogP contribution in [0.15, 0.2) is 42.7 Å². The molecule has 0 unspecified atom stereocenters. The van der Waals surface area contributed by atoms with Gasteiger partial charge in [0.05, 0.1) is 11.9 Å². The van der Waals surface area contributed by atoms with Crippen molar-refractivity contribution < 1.29 is 4.74 Å². The molecule has 0 aliphatic carbocycles. The van der Waals surface area contributed by atoms with Crippen molar-refractivity contribution in [2.24, 2.45) is 0 Å². The van der Waals surface area contributed by atoms with E-state index in [1.807, 2.05) is 47.4 Å². The first-order valence-electron chi connectivity index (χ1n) is 8.13. The van der Waals surface area contributed by atoms with E-state index in [4.69, 9.17) is 16.3 Å². The van der Waals surface area contributed by atoms with Gasteiger partial charge in [-0.1, -0.05) is 35.1 Å². The zero-order chi connectivity index (χ0) is 17.9. The van der Waals surface area contributed by atoms with Gasteiger partial charge in [0.25, 0.3) is 0 Å². The summed E-state index contributed by atoms with van der Waals surface area (Å²) in [5, 5.41) is 13.7. The molecule has 7 nitrogen and oxygen atoms in total. The first-order valence-corrected chi connectivity index (χ1v) is 9.32. The first kappa shape index (κ1) is 17.0. The monoisotopic (exact) mass is 388 g/mol. The third kappa shape index (κ3) is 3.72. The average Bonchev–Trinajstić information content (AvgIpc) is 3.31. The maximum atomic E-state index is 5.93. The molecule has 134 valence electrons. The van der Waals surface area contributed by atoms with Crippen molar-refractivity contribution in [2.75, 3.05) is 19.0 Å². The van der Waals surface area contributed by atoms with E-state index in [1.165, 1.54) is 11.3 Å². The first-order chi connectivity index (χ1) is 12.7. The summed E-state index contributed by atoms with van der Waals surface area (Å²) in [7, 11) is 1.70. The van der Waals surface area contributed by atoms with Gasteiger partial charge in [-0.2, -0.15) is 5.10 Å². The molecule has 0 saturated carbocycles. The molecule has 0 aliphatic rings. The Morgan fingerprint density at radius 2 is 2.04 bits per heavy atom. The van der Waals surface area contributed by atoms with Crippen LogP contribution in [0.25, 0.3) is 16.2 Å². The number of nitrogens with one attached hydrogen (secondary N) is 1. The van der Waals surface area contributed by atoms with Gasteiger partial charge in [0.15, 0.2) is 5.82 Å². The van der Waals surface area contributed by atoms with Crippen LogP contribution in [0.4, 0.5) is 10.9 Å². The zero-order valence-electron chi connectivity index (χ0n) is 14.1. The number of aromatic nitrogens is 5. The Labute approximate surface area is 159 Å².